The number of nitrogens with zero attached hydrogens (tertiary/aromatic N) is 2. The van der Waals surface area contributed by atoms with Crippen LogP contribution in [0.3, 0.4) is 0 Å². The lowest BCUT2D eigenvalue weighted by molar-refractivity contribution is -0.137. The summed E-state index contributed by atoms with van der Waals surface area (Å²) in [6.07, 6.45) is -2.37. The van der Waals surface area contributed by atoms with Crippen molar-refractivity contribution in [3.05, 3.63) is 156 Å². The minimum atomic E-state index is -4.48. The summed E-state index contributed by atoms with van der Waals surface area (Å²) in [5.74, 6) is 0. The van der Waals surface area contributed by atoms with Gasteiger partial charge in [0.1, 0.15) is 5.69 Å². The molecule has 5 aromatic carbocycles. The first kappa shape index (κ1) is 25.3. The Morgan fingerprint density at radius 1 is 0.625 bits per heavy atom. The van der Waals surface area contributed by atoms with E-state index in [4.69, 9.17) is 0 Å². The summed E-state index contributed by atoms with van der Waals surface area (Å²) in [6, 6.07) is 40.9. The fraction of sp³-hybridized carbons (Fsp3) is 0.0286. The molecule has 6 rings (SSSR count). The largest absolute Gasteiger partial charge is 0.416 e. The highest BCUT2D eigenvalue weighted by Crippen LogP contribution is 2.41. The van der Waals surface area contributed by atoms with Gasteiger partial charge in [0.25, 0.3) is 0 Å². The van der Waals surface area contributed by atoms with Crippen molar-refractivity contribution in [2.24, 2.45) is 0 Å². The molecule has 194 valence electrons. The van der Waals surface area contributed by atoms with E-state index in [0.29, 0.717) is 22.2 Å². The zero-order valence-corrected chi connectivity index (χ0v) is 21.3. The molecule has 0 aliphatic rings. The van der Waals surface area contributed by atoms with Crippen LogP contribution in [0.5, 0.6) is 0 Å². The molecule has 1 heterocycles. The molecule has 0 saturated carbocycles. The Hall–Kier alpha value is -5.03. The predicted octanol–water partition coefficient (Wildman–Crippen LogP) is 9.57. The van der Waals surface area contributed by atoms with E-state index in [-0.39, 0.29) is 0 Å². The van der Waals surface area contributed by atoms with Crippen molar-refractivity contribution in [1.29, 1.82) is 0 Å². The summed E-state index contributed by atoms with van der Waals surface area (Å²) in [6.45, 7) is 0. The van der Waals surface area contributed by atoms with Crippen LogP contribution in [0.15, 0.2) is 133 Å². The van der Waals surface area contributed by atoms with E-state index in [2.05, 4.69) is 16.3 Å². The first-order valence-corrected chi connectivity index (χ1v) is 12.8. The Morgan fingerprint density at radius 3 is 1.95 bits per heavy atom. The molecule has 1 aromatic heterocycles. The molecule has 0 bridgehead atoms. The van der Waals surface area contributed by atoms with Crippen LogP contribution >= 0.6 is 0 Å². The molecule has 0 N–H and O–H groups in total. The Kier molecular flexibility index (Phi) is 6.71. The average Bonchev–Trinajstić information content (AvgIpc) is 3.00. The molecule has 0 saturated heterocycles. The summed E-state index contributed by atoms with van der Waals surface area (Å²) in [5, 5.41) is 9.42. The maximum Gasteiger partial charge on any atom is 0.416 e. The van der Waals surface area contributed by atoms with E-state index in [1.165, 1.54) is 12.1 Å². The van der Waals surface area contributed by atoms with Gasteiger partial charge in [-0.3, -0.25) is 0 Å². The van der Waals surface area contributed by atoms with Crippen LogP contribution < -0.4 is 0 Å². The molecular formula is C35H23F3N2. The molecule has 0 radical (unpaired) electrons. The van der Waals surface area contributed by atoms with E-state index >= 15 is 0 Å². The minimum Gasteiger partial charge on any atom is -0.166 e. The van der Waals surface area contributed by atoms with Gasteiger partial charge in [-0.05, 0) is 52.1 Å². The van der Waals surface area contributed by atoms with Crippen molar-refractivity contribution in [3.63, 3.8) is 0 Å². The maximum absolute atomic E-state index is 13.8. The second kappa shape index (κ2) is 10.6. The van der Waals surface area contributed by atoms with Crippen molar-refractivity contribution in [1.82, 2.24) is 10.2 Å². The van der Waals surface area contributed by atoms with E-state index in [1.54, 1.807) is 0 Å². The molecule has 0 atom stereocenters. The number of rotatable bonds is 5. The number of hydrogen-bond acceptors (Lipinski definition) is 2. The lowest BCUT2D eigenvalue weighted by atomic mass is 9.88. The van der Waals surface area contributed by atoms with Gasteiger partial charge in [0.05, 0.1) is 11.1 Å². The van der Waals surface area contributed by atoms with Crippen LogP contribution in [0.25, 0.3) is 44.9 Å². The molecule has 0 spiro atoms. The number of alkyl halides is 3. The predicted molar refractivity (Wildman–Crippen MR) is 155 cm³/mol. The molecule has 0 unspecified atom stereocenters. The third-order valence-electron chi connectivity index (χ3n) is 6.82. The quantitative estimate of drug-likeness (QED) is 0.208. The van der Waals surface area contributed by atoms with E-state index < -0.39 is 11.7 Å². The molecule has 6 aromatic rings. The molecule has 5 heteroatoms. The number of hydrogen-bond donors (Lipinski definition) is 0. The molecule has 0 aliphatic heterocycles. The summed E-state index contributed by atoms with van der Waals surface area (Å²) in [5.41, 5.74) is 6.24. The average molecular weight is 529 g/mol. The van der Waals surface area contributed by atoms with E-state index in [0.717, 1.165) is 39.5 Å². The van der Waals surface area contributed by atoms with Gasteiger partial charge in [-0.2, -0.15) is 13.2 Å². The highest BCUT2D eigenvalue weighted by Gasteiger charge is 2.31. The van der Waals surface area contributed by atoms with Gasteiger partial charge in [0, 0.05) is 16.5 Å². The van der Waals surface area contributed by atoms with Crippen LogP contribution in [0.4, 0.5) is 13.2 Å². The van der Waals surface area contributed by atoms with Gasteiger partial charge in [0.15, 0.2) is 0 Å². The number of benzene rings is 5. The normalized spacial score (nSPS) is 12.0. The third kappa shape index (κ3) is 5.02. The van der Waals surface area contributed by atoms with Gasteiger partial charge >= 0.3 is 6.18 Å². The lowest BCUT2D eigenvalue weighted by Gasteiger charge is -2.18. The molecule has 0 fully saturated rings. The first-order chi connectivity index (χ1) is 19.5. The standard InChI is InChI=1S/C35H23F3N2/c36-35(37,38)27-20-21-32-31(23-27)33(26-16-8-3-9-17-26)34(40-39-32)29-19-11-10-18-28(29)30(25-14-6-2-7-15-25)22-24-12-4-1-5-13-24/h1-23H. The molecular weight excluding hydrogens is 505 g/mol. The van der Waals surface area contributed by atoms with Gasteiger partial charge < -0.3 is 0 Å². The Bertz CT molecular complexity index is 1810. The fourth-order valence-corrected chi connectivity index (χ4v) is 4.94. The summed E-state index contributed by atoms with van der Waals surface area (Å²) >= 11 is 0. The third-order valence-corrected chi connectivity index (χ3v) is 6.82. The van der Waals surface area contributed by atoms with E-state index in [9.17, 15) is 13.2 Å². The van der Waals surface area contributed by atoms with Gasteiger partial charge in [-0.1, -0.05) is 115 Å². The second-order valence-corrected chi connectivity index (χ2v) is 9.40. The number of fused-ring (bicyclic) bond motifs is 1. The molecule has 40 heavy (non-hydrogen) atoms. The molecule has 0 amide bonds. The zero-order chi connectivity index (χ0) is 27.5. The highest BCUT2D eigenvalue weighted by molar-refractivity contribution is 6.04. The maximum atomic E-state index is 13.8. The number of aromatic nitrogens is 2. The summed E-state index contributed by atoms with van der Waals surface area (Å²) in [7, 11) is 0. The Balaban J connectivity index is 1.66. The Morgan fingerprint density at radius 2 is 1.25 bits per heavy atom. The monoisotopic (exact) mass is 528 g/mol. The number of halogens is 3. The van der Waals surface area contributed by atoms with Crippen LogP contribution in [-0.4, -0.2) is 10.2 Å². The van der Waals surface area contributed by atoms with Crippen molar-refractivity contribution in [2.45, 2.75) is 6.18 Å². The molecule has 2 nitrogen and oxygen atoms in total. The first-order valence-electron chi connectivity index (χ1n) is 12.8. The molecule has 0 aliphatic carbocycles. The lowest BCUT2D eigenvalue weighted by Crippen LogP contribution is -2.05. The van der Waals surface area contributed by atoms with Crippen LogP contribution in [-0.2, 0) is 6.18 Å². The van der Waals surface area contributed by atoms with Gasteiger partial charge in [0.2, 0.25) is 0 Å². The SMILES string of the molecule is FC(F)(F)c1ccc2nnc(-c3ccccc3C(=Cc3ccccc3)c3ccccc3)c(-c3ccccc3)c2c1. The smallest absolute Gasteiger partial charge is 0.166 e. The van der Waals surface area contributed by atoms with Crippen molar-refractivity contribution < 1.29 is 13.2 Å². The van der Waals surface area contributed by atoms with Crippen LogP contribution in [0, 0.1) is 0 Å². The highest BCUT2D eigenvalue weighted by atomic mass is 19.4. The van der Waals surface area contributed by atoms with Crippen molar-refractivity contribution in [2.75, 3.05) is 0 Å². The Labute approximate surface area is 230 Å². The van der Waals surface area contributed by atoms with Crippen LogP contribution in [0.2, 0.25) is 0 Å². The van der Waals surface area contributed by atoms with Gasteiger partial charge in [-0.25, -0.2) is 0 Å². The van der Waals surface area contributed by atoms with Gasteiger partial charge in [-0.15, -0.1) is 10.2 Å². The van der Waals surface area contributed by atoms with Crippen molar-refractivity contribution in [3.8, 4) is 22.4 Å². The van der Waals surface area contributed by atoms with Crippen LogP contribution in [0.1, 0.15) is 22.3 Å². The summed E-state index contributed by atoms with van der Waals surface area (Å²) < 4.78 is 41.4. The zero-order valence-electron chi connectivity index (χ0n) is 21.3. The van der Waals surface area contributed by atoms with Crippen molar-refractivity contribution >= 4 is 22.6 Å². The fourth-order valence-electron chi connectivity index (χ4n) is 4.94. The summed E-state index contributed by atoms with van der Waals surface area (Å²) in [4.78, 5) is 0. The second-order valence-electron chi connectivity index (χ2n) is 9.40. The van der Waals surface area contributed by atoms with E-state index in [1.807, 2.05) is 115 Å². The topological polar surface area (TPSA) is 25.8 Å². The minimum absolute atomic E-state index is 0.397.